The number of hydrogen-bond acceptors (Lipinski definition) is 2. The molecule has 0 heterocycles. The first-order valence-corrected chi connectivity index (χ1v) is 6.72. The second-order valence-electron chi connectivity index (χ2n) is 6.02. The van der Waals surface area contributed by atoms with Crippen LogP contribution in [0.2, 0.25) is 0 Å². The van der Waals surface area contributed by atoms with Crippen LogP contribution in [0, 0.1) is 5.41 Å². The first-order chi connectivity index (χ1) is 8.16. The molecule has 0 bridgehead atoms. The molecule has 1 atom stereocenters. The van der Waals surface area contributed by atoms with Crippen LogP contribution in [0.5, 0.6) is 5.75 Å². The highest BCUT2D eigenvalue weighted by Crippen LogP contribution is 2.45. The molecule has 2 aliphatic rings. The summed E-state index contributed by atoms with van der Waals surface area (Å²) in [5.41, 5.74) is 3.29. The molecule has 1 aromatic rings. The van der Waals surface area contributed by atoms with E-state index in [4.69, 9.17) is 0 Å². The quantitative estimate of drug-likeness (QED) is 0.837. The predicted octanol–water partition coefficient (Wildman–Crippen LogP) is 3.16. The van der Waals surface area contributed by atoms with Gasteiger partial charge in [-0.15, -0.1) is 0 Å². The average Bonchev–Trinajstić information content (AvgIpc) is 3.05. The Kier molecular flexibility index (Phi) is 2.62. The zero-order valence-corrected chi connectivity index (χ0v) is 10.5. The van der Waals surface area contributed by atoms with Gasteiger partial charge in [-0.3, -0.25) is 0 Å². The minimum absolute atomic E-state index is 0.401. The van der Waals surface area contributed by atoms with Crippen molar-refractivity contribution in [2.75, 3.05) is 6.54 Å². The maximum Gasteiger partial charge on any atom is 0.115 e. The molecule has 1 aromatic carbocycles. The van der Waals surface area contributed by atoms with E-state index in [0.717, 1.165) is 13.0 Å². The number of benzene rings is 1. The number of hydrogen-bond donors (Lipinski definition) is 2. The van der Waals surface area contributed by atoms with Crippen LogP contribution in [-0.2, 0) is 6.42 Å². The molecule has 0 aliphatic heterocycles. The third-order valence-corrected chi connectivity index (χ3v) is 4.32. The van der Waals surface area contributed by atoms with E-state index in [9.17, 15) is 5.11 Å². The number of phenolic OH excluding ortho intramolecular Hbond substituents is 1. The highest BCUT2D eigenvalue weighted by atomic mass is 16.3. The molecular formula is C15H21NO. The van der Waals surface area contributed by atoms with Crippen molar-refractivity contribution in [1.82, 2.24) is 5.32 Å². The highest BCUT2D eigenvalue weighted by Gasteiger charge is 2.37. The Labute approximate surface area is 103 Å². The van der Waals surface area contributed by atoms with Gasteiger partial charge in [0, 0.05) is 12.6 Å². The van der Waals surface area contributed by atoms with E-state index >= 15 is 0 Å². The number of phenols is 1. The Balaban J connectivity index is 1.74. The predicted molar refractivity (Wildman–Crippen MR) is 69.1 cm³/mol. The Morgan fingerprint density at radius 2 is 2.24 bits per heavy atom. The van der Waals surface area contributed by atoms with Gasteiger partial charge in [0.25, 0.3) is 0 Å². The van der Waals surface area contributed by atoms with Crippen molar-refractivity contribution in [3.8, 4) is 5.75 Å². The van der Waals surface area contributed by atoms with Crippen LogP contribution in [0.3, 0.4) is 0 Å². The van der Waals surface area contributed by atoms with Crippen molar-refractivity contribution in [3.63, 3.8) is 0 Å². The molecule has 1 saturated carbocycles. The summed E-state index contributed by atoms with van der Waals surface area (Å²) < 4.78 is 0. The lowest BCUT2D eigenvalue weighted by Gasteiger charge is -2.27. The van der Waals surface area contributed by atoms with Crippen molar-refractivity contribution in [2.24, 2.45) is 5.41 Å². The van der Waals surface area contributed by atoms with Crippen LogP contribution in [0.25, 0.3) is 0 Å². The van der Waals surface area contributed by atoms with Crippen LogP contribution in [0.1, 0.15) is 49.8 Å². The molecule has 0 amide bonds. The van der Waals surface area contributed by atoms with Crippen LogP contribution in [0.4, 0.5) is 0 Å². The molecule has 2 aliphatic carbocycles. The van der Waals surface area contributed by atoms with Crippen LogP contribution < -0.4 is 5.32 Å². The fraction of sp³-hybridized carbons (Fsp3) is 0.600. The smallest absolute Gasteiger partial charge is 0.115 e. The van der Waals surface area contributed by atoms with E-state index in [1.54, 1.807) is 0 Å². The summed E-state index contributed by atoms with van der Waals surface area (Å²) in [6.45, 7) is 3.50. The number of aromatic hydroxyl groups is 1. The maximum absolute atomic E-state index is 9.52. The van der Waals surface area contributed by atoms with Gasteiger partial charge in [-0.25, -0.2) is 0 Å². The largest absolute Gasteiger partial charge is 0.508 e. The van der Waals surface area contributed by atoms with Crippen molar-refractivity contribution in [3.05, 3.63) is 29.3 Å². The summed E-state index contributed by atoms with van der Waals surface area (Å²) >= 11 is 0. The van der Waals surface area contributed by atoms with E-state index in [2.05, 4.69) is 18.3 Å². The van der Waals surface area contributed by atoms with E-state index in [1.165, 1.54) is 36.8 Å². The topological polar surface area (TPSA) is 32.3 Å². The SMILES string of the molecule is CC1(CNC2CCCc3cc(O)ccc32)CC1. The highest BCUT2D eigenvalue weighted by molar-refractivity contribution is 5.38. The van der Waals surface area contributed by atoms with Crippen molar-refractivity contribution in [1.29, 1.82) is 0 Å². The molecular weight excluding hydrogens is 210 g/mol. The lowest BCUT2D eigenvalue weighted by Crippen LogP contribution is -2.29. The molecule has 0 radical (unpaired) electrons. The second-order valence-corrected chi connectivity index (χ2v) is 6.02. The number of aryl methyl sites for hydroxylation is 1. The fourth-order valence-electron chi connectivity index (χ4n) is 2.77. The van der Waals surface area contributed by atoms with Crippen molar-refractivity contribution >= 4 is 0 Å². The lowest BCUT2D eigenvalue weighted by atomic mass is 9.87. The molecule has 1 unspecified atom stereocenters. The summed E-state index contributed by atoms with van der Waals surface area (Å²) in [6.07, 6.45) is 6.31. The molecule has 2 N–H and O–H groups in total. The zero-order valence-electron chi connectivity index (χ0n) is 10.5. The van der Waals surface area contributed by atoms with Gasteiger partial charge in [0.15, 0.2) is 0 Å². The Morgan fingerprint density at radius 3 is 3.00 bits per heavy atom. The third-order valence-electron chi connectivity index (χ3n) is 4.32. The van der Waals surface area contributed by atoms with Gasteiger partial charge in [-0.05, 0) is 60.8 Å². The van der Waals surface area contributed by atoms with Crippen LogP contribution in [-0.4, -0.2) is 11.7 Å². The summed E-state index contributed by atoms with van der Waals surface area (Å²) in [7, 11) is 0. The minimum atomic E-state index is 0.401. The number of fused-ring (bicyclic) bond motifs is 1. The Bertz CT molecular complexity index is 423. The molecule has 2 heteroatoms. The lowest BCUT2D eigenvalue weighted by molar-refractivity contribution is 0.403. The van der Waals surface area contributed by atoms with Gasteiger partial charge < -0.3 is 10.4 Å². The van der Waals surface area contributed by atoms with E-state index < -0.39 is 0 Å². The normalized spacial score (nSPS) is 25.4. The van der Waals surface area contributed by atoms with Gasteiger partial charge in [-0.2, -0.15) is 0 Å². The van der Waals surface area contributed by atoms with Gasteiger partial charge in [0.2, 0.25) is 0 Å². The molecule has 0 aromatic heterocycles. The van der Waals surface area contributed by atoms with Crippen LogP contribution >= 0.6 is 0 Å². The van der Waals surface area contributed by atoms with E-state index in [1.807, 2.05) is 12.1 Å². The Hall–Kier alpha value is -1.02. The fourth-order valence-corrected chi connectivity index (χ4v) is 2.77. The maximum atomic E-state index is 9.52. The standard InChI is InChI=1S/C15H21NO/c1-15(7-8-15)10-16-14-4-2-3-11-9-12(17)5-6-13(11)14/h5-6,9,14,16-17H,2-4,7-8,10H2,1H3. The van der Waals surface area contributed by atoms with Gasteiger partial charge in [0.1, 0.15) is 5.75 Å². The second kappa shape index (κ2) is 4.02. The number of rotatable bonds is 3. The zero-order chi connectivity index (χ0) is 11.9. The summed E-state index contributed by atoms with van der Waals surface area (Å²) in [5.74, 6) is 0.401. The van der Waals surface area contributed by atoms with E-state index in [-0.39, 0.29) is 0 Å². The molecule has 2 nitrogen and oxygen atoms in total. The Morgan fingerprint density at radius 1 is 1.41 bits per heavy atom. The van der Waals surface area contributed by atoms with Crippen LogP contribution in [0.15, 0.2) is 18.2 Å². The summed E-state index contributed by atoms with van der Waals surface area (Å²) in [5, 5.41) is 13.2. The van der Waals surface area contributed by atoms with Crippen molar-refractivity contribution < 1.29 is 5.11 Å². The summed E-state index contributed by atoms with van der Waals surface area (Å²) in [4.78, 5) is 0. The molecule has 0 saturated heterocycles. The van der Waals surface area contributed by atoms with E-state index in [0.29, 0.717) is 17.2 Å². The monoisotopic (exact) mass is 231 g/mol. The number of nitrogens with one attached hydrogen (secondary N) is 1. The molecule has 1 fully saturated rings. The first kappa shape index (κ1) is 11.1. The molecule has 3 rings (SSSR count). The van der Waals surface area contributed by atoms with Crippen molar-refractivity contribution in [2.45, 2.75) is 45.1 Å². The minimum Gasteiger partial charge on any atom is -0.508 e. The van der Waals surface area contributed by atoms with Gasteiger partial charge in [0.05, 0.1) is 0 Å². The first-order valence-electron chi connectivity index (χ1n) is 6.72. The molecule has 0 spiro atoms. The molecule has 17 heavy (non-hydrogen) atoms. The average molecular weight is 231 g/mol. The molecule has 92 valence electrons. The summed E-state index contributed by atoms with van der Waals surface area (Å²) in [6, 6.07) is 6.34. The van der Waals surface area contributed by atoms with Gasteiger partial charge >= 0.3 is 0 Å². The third kappa shape index (κ3) is 2.32. The van der Waals surface area contributed by atoms with Gasteiger partial charge in [-0.1, -0.05) is 13.0 Å².